The van der Waals surface area contributed by atoms with Crippen molar-refractivity contribution in [1.82, 2.24) is 14.5 Å². The Labute approximate surface area is 177 Å². The first-order valence-corrected chi connectivity index (χ1v) is 10.8. The van der Waals surface area contributed by atoms with Gasteiger partial charge in [0.2, 0.25) is 10.0 Å². The predicted octanol–water partition coefficient (Wildman–Crippen LogP) is 3.57. The number of sulfonamides is 1. The SMILES string of the molecule is O=C(NCc1cccc(C(F)(F)F)c1)N1CCN(S(=O)(=O)c2ccc(Cl)cc2)CC1. The summed E-state index contributed by atoms with van der Waals surface area (Å²) in [6.45, 7) is 0.498. The number of nitrogens with one attached hydrogen (secondary N) is 1. The number of nitrogens with zero attached hydrogens (tertiary/aromatic N) is 2. The van der Waals surface area contributed by atoms with Gasteiger partial charge in [-0.1, -0.05) is 23.7 Å². The summed E-state index contributed by atoms with van der Waals surface area (Å²) >= 11 is 5.79. The Kier molecular flexibility index (Phi) is 6.59. The number of carbonyl (C=O) groups is 1. The summed E-state index contributed by atoms with van der Waals surface area (Å²) in [6.07, 6.45) is -4.45. The van der Waals surface area contributed by atoms with Gasteiger partial charge in [-0.15, -0.1) is 0 Å². The first kappa shape index (κ1) is 22.4. The molecule has 162 valence electrons. The van der Waals surface area contributed by atoms with E-state index >= 15 is 0 Å². The largest absolute Gasteiger partial charge is 0.416 e. The molecule has 0 aliphatic carbocycles. The molecule has 1 heterocycles. The molecule has 30 heavy (non-hydrogen) atoms. The number of amides is 2. The van der Waals surface area contributed by atoms with Crippen LogP contribution in [0.2, 0.25) is 5.02 Å². The van der Waals surface area contributed by atoms with Crippen molar-refractivity contribution >= 4 is 27.7 Å². The molecule has 1 fully saturated rings. The van der Waals surface area contributed by atoms with Gasteiger partial charge in [-0.3, -0.25) is 0 Å². The summed E-state index contributed by atoms with van der Waals surface area (Å²) in [5, 5.41) is 3.00. The highest BCUT2D eigenvalue weighted by Crippen LogP contribution is 2.29. The zero-order valence-corrected chi connectivity index (χ0v) is 17.3. The minimum absolute atomic E-state index is 0.0635. The normalized spacial score (nSPS) is 15.8. The maximum atomic E-state index is 12.8. The summed E-state index contributed by atoms with van der Waals surface area (Å²) in [6, 6.07) is 10.1. The number of carbonyl (C=O) groups excluding carboxylic acids is 1. The molecule has 0 saturated carbocycles. The highest BCUT2D eigenvalue weighted by atomic mass is 35.5. The van der Waals surface area contributed by atoms with Crippen molar-refractivity contribution in [3.63, 3.8) is 0 Å². The molecule has 0 spiro atoms. The van der Waals surface area contributed by atoms with Crippen LogP contribution in [0.15, 0.2) is 53.4 Å². The fourth-order valence-corrected chi connectivity index (χ4v) is 4.58. The van der Waals surface area contributed by atoms with Crippen molar-refractivity contribution < 1.29 is 26.4 Å². The lowest BCUT2D eigenvalue weighted by Crippen LogP contribution is -2.52. The van der Waals surface area contributed by atoms with Gasteiger partial charge < -0.3 is 10.2 Å². The minimum atomic E-state index is -4.45. The molecule has 0 radical (unpaired) electrons. The van der Waals surface area contributed by atoms with E-state index in [9.17, 15) is 26.4 Å². The van der Waals surface area contributed by atoms with E-state index in [1.54, 1.807) is 0 Å². The van der Waals surface area contributed by atoms with Crippen LogP contribution in [0, 0.1) is 0 Å². The topological polar surface area (TPSA) is 69.7 Å². The van der Waals surface area contributed by atoms with Crippen LogP contribution in [-0.4, -0.2) is 49.8 Å². The van der Waals surface area contributed by atoms with Gasteiger partial charge in [-0.05, 0) is 42.0 Å². The molecule has 0 aromatic heterocycles. The van der Waals surface area contributed by atoms with E-state index < -0.39 is 27.8 Å². The molecular weight excluding hydrogens is 443 g/mol. The number of hydrogen-bond donors (Lipinski definition) is 1. The zero-order chi connectivity index (χ0) is 21.9. The monoisotopic (exact) mass is 461 g/mol. The average Bonchev–Trinajstić information content (AvgIpc) is 2.72. The van der Waals surface area contributed by atoms with Crippen molar-refractivity contribution in [2.75, 3.05) is 26.2 Å². The third-order valence-corrected chi connectivity index (χ3v) is 6.84. The first-order valence-electron chi connectivity index (χ1n) is 9.02. The van der Waals surface area contributed by atoms with Gasteiger partial charge in [0, 0.05) is 37.7 Å². The Morgan fingerprint density at radius 1 is 1.03 bits per heavy atom. The molecule has 0 atom stereocenters. The lowest BCUT2D eigenvalue weighted by atomic mass is 10.1. The Balaban J connectivity index is 1.55. The molecule has 2 amide bonds. The maximum absolute atomic E-state index is 12.8. The van der Waals surface area contributed by atoms with Gasteiger partial charge in [0.25, 0.3) is 0 Å². The van der Waals surface area contributed by atoms with Crippen LogP contribution in [0.4, 0.5) is 18.0 Å². The fraction of sp³-hybridized carbons (Fsp3) is 0.316. The predicted molar refractivity (Wildman–Crippen MR) is 105 cm³/mol. The molecular formula is C19H19ClF3N3O3S. The second-order valence-corrected chi connectivity index (χ2v) is 9.08. The molecule has 6 nitrogen and oxygen atoms in total. The Morgan fingerprint density at radius 3 is 2.27 bits per heavy atom. The number of halogens is 4. The molecule has 3 rings (SSSR count). The molecule has 2 aromatic carbocycles. The Bertz CT molecular complexity index is 1010. The standard InChI is InChI=1S/C19H19ClF3N3O3S/c20-16-4-6-17(7-5-16)30(28,29)26-10-8-25(9-11-26)18(27)24-13-14-2-1-3-15(12-14)19(21,22)23/h1-7,12H,8-11,13H2,(H,24,27). The van der Waals surface area contributed by atoms with Crippen molar-refractivity contribution in [1.29, 1.82) is 0 Å². The van der Waals surface area contributed by atoms with Crippen LogP contribution in [0.1, 0.15) is 11.1 Å². The van der Waals surface area contributed by atoms with Crippen LogP contribution in [0.3, 0.4) is 0 Å². The highest BCUT2D eigenvalue weighted by Gasteiger charge is 2.31. The van der Waals surface area contributed by atoms with Gasteiger partial charge in [-0.2, -0.15) is 17.5 Å². The molecule has 1 saturated heterocycles. The van der Waals surface area contributed by atoms with Gasteiger partial charge >= 0.3 is 12.2 Å². The second-order valence-electron chi connectivity index (χ2n) is 6.70. The van der Waals surface area contributed by atoms with Crippen molar-refractivity contribution in [3.05, 3.63) is 64.7 Å². The van der Waals surface area contributed by atoms with E-state index in [2.05, 4.69) is 5.32 Å². The minimum Gasteiger partial charge on any atom is -0.334 e. The summed E-state index contributed by atoms with van der Waals surface area (Å²) in [4.78, 5) is 13.9. The number of alkyl halides is 3. The summed E-state index contributed by atoms with van der Waals surface area (Å²) in [5.41, 5.74) is -0.461. The van der Waals surface area contributed by atoms with Gasteiger partial charge in [0.05, 0.1) is 10.5 Å². The van der Waals surface area contributed by atoms with Gasteiger partial charge in [-0.25, -0.2) is 13.2 Å². The lowest BCUT2D eigenvalue weighted by molar-refractivity contribution is -0.137. The number of piperazine rings is 1. The van der Waals surface area contributed by atoms with Crippen LogP contribution < -0.4 is 5.32 Å². The van der Waals surface area contributed by atoms with E-state index in [4.69, 9.17) is 11.6 Å². The van der Waals surface area contributed by atoms with Crippen LogP contribution in [0.5, 0.6) is 0 Å². The highest BCUT2D eigenvalue weighted by molar-refractivity contribution is 7.89. The number of urea groups is 1. The Hall–Kier alpha value is -2.30. The molecule has 11 heteroatoms. The molecule has 1 N–H and O–H groups in total. The smallest absolute Gasteiger partial charge is 0.334 e. The van der Waals surface area contributed by atoms with Crippen LogP contribution in [-0.2, 0) is 22.7 Å². The quantitative estimate of drug-likeness (QED) is 0.756. The summed E-state index contributed by atoms with van der Waals surface area (Å²) < 4.78 is 65.0. The molecule has 2 aromatic rings. The molecule has 0 bridgehead atoms. The van der Waals surface area contributed by atoms with E-state index in [1.165, 1.54) is 45.6 Å². The molecule has 1 aliphatic rings. The van der Waals surface area contributed by atoms with Gasteiger partial charge in [0.1, 0.15) is 0 Å². The van der Waals surface area contributed by atoms with E-state index in [-0.39, 0.29) is 37.6 Å². The lowest BCUT2D eigenvalue weighted by Gasteiger charge is -2.34. The summed E-state index contributed by atoms with van der Waals surface area (Å²) in [7, 11) is -3.69. The van der Waals surface area contributed by atoms with Crippen LogP contribution >= 0.6 is 11.6 Å². The first-order chi connectivity index (χ1) is 14.1. The maximum Gasteiger partial charge on any atom is 0.416 e. The van der Waals surface area contributed by atoms with Crippen molar-refractivity contribution in [3.8, 4) is 0 Å². The van der Waals surface area contributed by atoms with Gasteiger partial charge in [0.15, 0.2) is 0 Å². The zero-order valence-electron chi connectivity index (χ0n) is 15.7. The fourth-order valence-electron chi connectivity index (χ4n) is 3.03. The molecule has 0 unspecified atom stereocenters. The summed E-state index contributed by atoms with van der Waals surface area (Å²) in [5.74, 6) is 0. The number of benzene rings is 2. The average molecular weight is 462 g/mol. The van der Waals surface area contributed by atoms with E-state index in [0.29, 0.717) is 10.6 Å². The molecule has 1 aliphatic heterocycles. The Morgan fingerprint density at radius 2 is 1.67 bits per heavy atom. The van der Waals surface area contributed by atoms with E-state index in [1.807, 2.05) is 0 Å². The third-order valence-electron chi connectivity index (χ3n) is 4.68. The third kappa shape index (κ3) is 5.24. The number of hydrogen-bond acceptors (Lipinski definition) is 3. The van der Waals surface area contributed by atoms with E-state index in [0.717, 1.165) is 12.1 Å². The van der Waals surface area contributed by atoms with Crippen molar-refractivity contribution in [2.24, 2.45) is 0 Å². The second kappa shape index (κ2) is 8.83. The van der Waals surface area contributed by atoms with Crippen molar-refractivity contribution in [2.45, 2.75) is 17.6 Å². The van der Waals surface area contributed by atoms with Crippen LogP contribution in [0.25, 0.3) is 0 Å². The number of rotatable bonds is 4.